The van der Waals surface area contributed by atoms with E-state index in [4.69, 9.17) is 5.26 Å². The van der Waals surface area contributed by atoms with Crippen LogP contribution in [0.15, 0.2) is 46.1 Å². The molecule has 0 atom stereocenters. The molecule has 0 radical (unpaired) electrons. The Balaban J connectivity index is 1.48. The Labute approximate surface area is 174 Å². The van der Waals surface area contributed by atoms with Gasteiger partial charge in [-0.15, -0.1) is 21.5 Å². The monoisotopic (exact) mass is 429 g/mol. The van der Waals surface area contributed by atoms with Gasteiger partial charge in [0.15, 0.2) is 4.34 Å². The van der Waals surface area contributed by atoms with Crippen molar-refractivity contribution in [3.8, 4) is 6.07 Å². The van der Waals surface area contributed by atoms with Gasteiger partial charge >= 0.3 is 0 Å². The average molecular weight is 430 g/mol. The minimum atomic E-state index is -0.327. The van der Waals surface area contributed by atoms with E-state index in [9.17, 15) is 9.59 Å². The number of nitrogens with one attached hydrogen (secondary N) is 1. The lowest BCUT2D eigenvalue weighted by Crippen LogP contribution is -2.34. The van der Waals surface area contributed by atoms with E-state index in [0.717, 1.165) is 9.90 Å². The summed E-state index contributed by atoms with van der Waals surface area (Å²) in [7, 11) is 1.58. The standard InChI is InChI=1S/C18H15N5O2S3/c1-23(16(25)14-3-2-8-26-14)10-15(24)20-17-21-22-18(28-17)27-11-13-6-4-12(9-19)5-7-13/h2-8H,10-11H2,1H3,(H,20,21,24). The molecule has 10 heteroatoms. The summed E-state index contributed by atoms with van der Waals surface area (Å²) >= 11 is 4.11. The molecule has 0 saturated heterocycles. The van der Waals surface area contributed by atoms with Crippen LogP contribution < -0.4 is 5.32 Å². The molecule has 1 aromatic carbocycles. The van der Waals surface area contributed by atoms with Crippen LogP contribution in [0.5, 0.6) is 0 Å². The summed E-state index contributed by atoms with van der Waals surface area (Å²) in [6.45, 7) is -0.0654. The molecule has 0 aliphatic heterocycles. The van der Waals surface area contributed by atoms with Gasteiger partial charge in [-0.05, 0) is 29.1 Å². The van der Waals surface area contributed by atoms with Crippen LogP contribution in [0.3, 0.4) is 0 Å². The van der Waals surface area contributed by atoms with E-state index in [-0.39, 0.29) is 18.4 Å². The zero-order valence-electron chi connectivity index (χ0n) is 14.8. The Bertz CT molecular complexity index is 993. The summed E-state index contributed by atoms with van der Waals surface area (Å²) in [5.74, 6) is 0.167. The second-order valence-electron chi connectivity index (χ2n) is 5.66. The molecular formula is C18H15N5O2S3. The molecule has 3 rings (SSSR count). The number of aromatic nitrogens is 2. The Morgan fingerprint density at radius 3 is 2.71 bits per heavy atom. The predicted octanol–water partition coefficient (Wildman–Crippen LogP) is 3.47. The number of benzene rings is 1. The lowest BCUT2D eigenvalue weighted by Gasteiger charge is -2.14. The highest BCUT2D eigenvalue weighted by atomic mass is 32.2. The first-order chi connectivity index (χ1) is 13.5. The highest BCUT2D eigenvalue weighted by molar-refractivity contribution is 8.00. The number of nitrogens with zero attached hydrogens (tertiary/aromatic N) is 4. The van der Waals surface area contributed by atoms with Crippen LogP contribution in [0.25, 0.3) is 0 Å². The fourth-order valence-electron chi connectivity index (χ4n) is 2.17. The summed E-state index contributed by atoms with van der Waals surface area (Å²) in [4.78, 5) is 26.3. The summed E-state index contributed by atoms with van der Waals surface area (Å²) in [5.41, 5.74) is 1.69. The van der Waals surface area contributed by atoms with Crippen molar-refractivity contribution in [1.82, 2.24) is 15.1 Å². The van der Waals surface area contributed by atoms with Crippen LogP contribution >= 0.6 is 34.4 Å². The molecule has 0 aliphatic rings. The molecular weight excluding hydrogens is 414 g/mol. The van der Waals surface area contributed by atoms with Crippen molar-refractivity contribution in [2.45, 2.75) is 10.1 Å². The van der Waals surface area contributed by atoms with Gasteiger partial charge in [0.25, 0.3) is 5.91 Å². The van der Waals surface area contributed by atoms with Gasteiger partial charge in [0, 0.05) is 12.8 Å². The van der Waals surface area contributed by atoms with Gasteiger partial charge in [-0.25, -0.2) is 0 Å². The molecule has 1 N–H and O–H groups in total. The van der Waals surface area contributed by atoms with Crippen molar-refractivity contribution in [2.24, 2.45) is 0 Å². The van der Waals surface area contributed by atoms with E-state index in [2.05, 4.69) is 21.6 Å². The third-order valence-electron chi connectivity index (χ3n) is 3.56. The number of hydrogen-bond acceptors (Lipinski definition) is 8. The Hall–Kier alpha value is -2.74. The molecule has 7 nitrogen and oxygen atoms in total. The summed E-state index contributed by atoms with van der Waals surface area (Å²) in [6.07, 6.45) is 0. The molecule has 0 fully saturated rings. The summed E-state index contributed by atoms with van der Waals surface area (Å²) in [5, 5.41) is 21.7. The van der Waals surface area contributed by atoms with E-state index >= 15 is 0 Å². The van der Waals surface area contributed by atoms with Crippen molar-refractivity contribution >= 4 is 51.4 Å². The Morgan fingerprint density at radius 1 is 1.25 bits per heavy atom. The molecule has 2 heterocycles. The summed E-state index contributed by atoms with van der Waals surface area (Å²) < 4.78 is 0.725. The van der Waals surface area contributed by atoms with Gasteiger partial charge in [0.05, 0.1) is 23.1 Å². The quantitative estimate of drug-likeness (QED) is 0.456. The van der Waals surface area contributed by atoms with Gasteiger partial charge in [-0.1, -0.05) is 41.3 Å². The molecule has 2 amide bonds. The predicted molar refractivity (Wildman–Crippen MR) is 111 cm³/mol. The maximum Gasteiger partial charge on any atom is 0.264 e. The SMILES string of the molecule is CN(CC(=O)Nc1nnc(SCc2ccc(C#N)cc2)s1)C(=O)c1cccs1. The number of hydrogen-bond donors (Lipinski definition) is 1. The van der Waals surface area contributed by atoms with Crippen molar-refractivity contribution < 1.29 is 9.59 Å². The van der Waals surface area contributed by atoms with Gasteiger partial charge in [-0.2, -0.15) is 5.26 Å². The van der Waals surface area contributed by atoms with E-state index in [1.54, 1.807) is 31.3 Å². The smallest absolute Gasteiger partial charge is 0.264 e. The number of amides is 2. The molecule has 142 valence electrons. The number of anilines is 1. The largest absolute Gasteiger partial charge is 0.332 e. The molecule has 0 saturated carbocycles. The number of thioether (sulfide) groups is 1. The number of rotatable bonds is 7. The van der Waals surface area contributed by atoms with Gasteiger partial charge < -0.3 is 4.90 Å². The lowest BCUT2D eigenvalue weighted by molar-refractivity contribution is -0.116. The summed E-state index contributed by atoms with van der Waals surface area (Å²) in [6, 6.07) is 13.0. The highest BCUT2D eigenvalue weighted by Gasteiger charge is 2.17. The molecule has 2 aromatic heterocycles. The fourth-order valence-corrected chi connectivity index (χ4v) is 4.62. The van der Waals surface area contributed by atoms with Gasteiger partial charge in [-0.3, -0.25) is 14.9 Å². The van der Waals surface area contributed by atoms with Crippen molar-refractivity contribution in [3.63, 3.8) is 0 Å². The molecule has 3 aromatic rings. The molecule has 0 aliphatic carbocycles. The van der Waals surface area contributed by atoms with Crippen LogP contribution in [0.1, 0.15) is 20.8 Å². The van der Waals surface area contributed by atoms with E-state index in [1.807, 2.05) is 17.5 Å². The van der Waals surface area contributed by atoms with Crippen molar-refractivity contribution in [3.05, 3.63) is 57.8 Å². The maximum absolute atomic E-state index is 12.2. The van der Waals surface area contributed by atoms with E-state index in [1.165, 1.54) is 39.3 Å². The molecule has 0 spiro atoms. The fraction of sp³-hybridized carbons (Fsp3) is 0.167. The number of carbonyl (C=O) groups excluding carboxylic acids is 2. The Kier molecular flexibility index (Phi) is 6.76. The first kappa shape index (κ1) is 20.0. The normalized spacial score (nSPS) is 10.3. The minimum Gasteiger partial charge on any atom is -0.332 e. The topological polar surface area (TPSA) is 99.0 Å². The first-order valence-electron chi connectivity index (χ1n) is 8.09. The van der Waals surface area contributed by atoms with Gasteiger partial charge in [0.1, 0.15) is 0 Å². The lowest BCUT2D eigenvalue weighted by atomic mass is 10.2. The first-order valence-corrected chi connectivity index (χ1v) is 10.8. The number of thiophene rings is 1. The molecule has 0 bridgehead atoms. The van der Waals surface area contributed by atoms with Gasteiger partial charge in [0.2, 0.25) is 11.0 Å². The number of likely N-dealkylation sites (N-methyl/N-ethyl adjacent to an activating group) is 1. The zero-order valence-corrected chi connectivity index (χ0v) is 17.2. The van der Waals surface area contributed by atoms with Crippen LogP contribution in [-0.2, 0) is 10.5 Å². The molecule has 0 unspecified atom stereocenters. The molecule has 28 heavy (non-hydrogen) atoms. The number of nitriles is 1. The Morgan fingerprint density at radius 2 is 2.04 bits per heavy atom. The maximum atomic E-state index is 12.2. The third-order valence-corrected chi connectivity index (χ3v) is 6.46. The second-order valence-corrected chi connectivity index (χ2v) is 8.80. The highest BCUT2D eigenvalue weighted by Crippen LogP contribution is 2.28. The van der Waals surface area contributed by atoms with Crippen LogP contribution in [0.2, 0.25) is 0 Å². The van der Waals surface area contributed by atoms with E-state index in [0.29, 0.717) is 21.3 Å². The third kappa shape index (κ3) is 5.39. The van der Waals surface area contributed by atoms with Crippen molar-refractivity contribution in [2.75, 3.05) is 18.9 Å². The second kappa shape index (κ2) is 9.45. The van der Waals surface area contributed by atoms with Crippen molar-refractivity contribution in [1.29, 1.82) is 5.26 Å². The van der Waals surface area contributed by atoms with Crippen LogP contribution in [0.4, 0.5) is 5.13 Å². The number of carbonyl (C=O) groups is 2. The zero-order chi connectivity index (χ0) is 19.9. The average Bonchev–Trinajstić information content (AvgIpc) is 3.38. The van der Waals surface area contributed by atoms with Crippen LogP contribution in [-0.4, -0.2) is 40.5 Å². The minimum absolute atomic E-state index is 0.0654. The van der Waals surface area contributed by atoms with E-state index < -0.39 is 0 Å². The van der Waals surface area contributed by atoms with Crippen LogP contribution in [0, 0.1) is 11.3 Å².